The molecule has 3 aromatic heterocycles. The molecule has 0 bridgehead atoms. The molecule has 0 unspecified atom stereocenters. The fraction of sp³-hybridized carbons (Fsp3) is 0. The van der Waals surface area contributed by atoms with E-state index < -0.39 is 4.92 Å². The predicted octanol–water partition coefficient (Wildman–Crippen LogP) is 5.06. The first-order chi connectivity index (χ1) is 14.1. The molecule has 5 aromatic rings. The molecule has 29 heavy (non-hydrogen) atoms. The number of nitrogens with zero attached hydrogens (tertiary/aromatic N) is 5. The Morgan fingerprint density at radius 1 is 1.03 bits per heavy atom. The van der Waals surface area contributed by atoms with Crippen molar-refractivity contribution in [3.8, 4) is 22.7 Å². The van der Waals surface area contributed by atoms with E-state index in [0.717, 1.165) is 0 Å². The number of fused-ring (bicyclic) bond motifs is 3. The molecule has 0 aliphatic rings. The lowest BCUT2D eigenvalue weighted by Crippen LogP contribution is -1.92. The van der Waals surface area contributed by atoms with Crippen LogP contribution >= 0.6 is 11.6 Å². The number of benzene rings is 2. The second kappa shape index (κ2) is 6.61. The Hall–Kier alpha value is -3.91. The second-order valence-corrected chi connectivity index (χ2v) is 6.62. The molecule has 0 amide bonds. The average molecular weight is 404 g/mol. The van der Waals surface area contributed by atoms with Crippen molar-refractivity contribution in [2.24, 2.45) is 0 Å². The quantitative estimate of drug-likeness (QED) is 0.306. The molecule has 3 heterocycles. The first-order valence-electron chi connectivity index (χ1n) is 8.52. The van der Waals surface area contributed by atoms with Crippen LogP contribution in [0.3, 0.4) is 0 Å². The minimum Gasteiger partial charge on any atom is -0.463 e. The molecule has 0 fully saturated rings. The van der Waals surface area contributed by atoms with Crippen LogP contribution in [0, 0.1) is 10.1 Å². The molecule has 0 N–H and O–H groups in total. The van der Waals surface area contributed by atoms with E-state index in [1.54, 1.807) is 36.5 Å². The summed E-state index contributed by atoms with van der Waals surface area (Å²) in [6.07, 6.45) is 4.55. The topological polar surface area (TPSA) is 108 Å². The molecule has 5 rings (SSSR count). The van der Waals surface area contributed by atoms with Crippen molar-refractivity contribution in [3.63, 3.8) is 0 Å². The van der Waals surface area contributed by atoms with E-state index in [0.29, 0.717) is 44.0 Å². The molecule has 0 aliphatic carbocycles. The first kappa shape index (κ1) is 17.2. The Bertz CT molecular complexity index is 1400. The van der Waals surface area contributed by atoms with Gasteiger partial charge in [0, 0.05) is 22.0 Å². The lowest BCUT2D eigenvalue weighted by atomic mass is 10.0. The van der Waals surface area contributed by atoms with Crippen molar-refractivity contribution < 1.29 is 9.34 Å². The summed E-state index contributed by atoms with van der Waals surface area (Å²) in [6.45, 7) is 0. The zero-order chi connectivity index (χ0) is 20.0. The van der Waals surface area contributed by atoms with Crippen molar-refractivity contribution >= 4 is 39.1 Å². The van der Waals surface area contributed by atoms with Crippen LogP contribution in [0.5, 0.6) is 0 Å². The SMILES string of the molecule is O=[N+]([O-])c1cc2c(-c3ccccc3Cl)nc(-c3ccco3)cnc2c2cnnc12. The summed E-state index contributed by atoms with van der Waals surface area (Å²) in [6, 6.07) is 12.1. The molecule has 0 atom stereocenters. The van der Waals surface area contributed by atoms with Crippen LogP contribution in [0.15, 0.2) is 65.5 Å². The van der Waals surface area contributed by atoms with Gasteiger partial charge in [-0.05, 0) is 18.2 Å². The number of nitro benzene ring substituents is 1. The summed E-state index contributed by atoms with van der Waals surface area (Å²) in [5.74, 6) is 0.510. The number of nitro groups is 1. The number of aromatic nitrogens is 4. The van der Waals surface area contributed by atoms with Crippen LogP contribution in [-0.4, -0.2) is 25.1 Å². The Kier molecular flexibility index (Phi) is 3.92. The van der Waals surface area contributed by atoms with Gasteiger partial charge in [0.25, 0.3) is 5.69 Å². The highest BCUT2D eigenvalue weighted by Gasteiger charge is 2.22. The van der Waals surface area contributed by atoms with E-state index in [9.17, 15) is 10.1 Å². The van der Waals surface area contributed by atoms with Gasteiger partial charge in [0.15, 0.2) is 11.3 Å². The normalized spacial score (nSPS) is 11.2. The monoisotopic (exact) mass is 403 g/mol. The molecule has 8 nitrogen and oxygen atoms in total. The molecule has 2 aromatic carbocycles. The largest absolute Gasteiger partial charge is 0.463 e. The lowest BCUT2D eigenvalue weighted by molar-refractivity contribution is -0.383. The zero-order valence-corrected chi connectivity index (χ0v) is 15.4. The summed E-state index contributed by atoms with van der Waals surface area (Å²) in [7, 11) is 0. The molecule has 0 spiro atoms. The Morgan fingerprint density at radius 3 is 2.66 bits per heavy atom. The van der Waals surface area contributed by atoms with Gasteiger partial charge in [0.1, 0.15) is 5.69 Å². The third-order valence-electron chi connectivity index (χ3n) is 4.54. The van der Waals surface area contributed by atoms with E-state index >= 15 is 0 Å². The number of furan rings is 1. The third kappa shape index (κ3) is 2.77. The van der Waals surface area contributed by atoms with Gasteiger partial charge in [0.05, 0.1) is 40.2 Å². The maximum Gasteiger partial charge on any atom is 0.298 e. The molecule has 9 heteroatoms. The van der Waals surface area contributed by atoms with Crippen LogP contribution in [0.25, 0.3) is 44.5 Å². The number of halogens is 1. The summed E-state index contributed by atoms with van der Waals surface area (Å²) in [5.41, 5.74) is 2.01. The molecule has 0 radical (unpaired) electrons. The summed E-state index contributed by atoms with van der Waals surface area (Å²) in [5, 5.41) is 20.8. The fourth-order valence-electron chi connectivity index (χ4n) is 3.24. The van der Waals surface area contributed by atoms with Crippen LogP contribution < -0.4 is 0 Å². The van der Waals surface area contributed by atoms with Crippen LogP contribution in [-0.2, 0) is 0 Å². The number of hydrogen-bond acceptors (Lipinski definition) is 7. The molecule has 140 valence electrons. The van der Waals surface area contributed by atoms with E-state index in [1.807, 2.05) is 6.07 Å². The highest BCUT2D eigenvalue weighted by atomic mass is 35.5. The van der Waals surface area contributed by atoms with E-state index in [4.69, 9.17) is 21.0 Å². The number of non-ortho nitro benzene ring substituents is 1. The van der Waals surface area contributed by atoms with E-state index in [-0.39, 0.29) is 11.2 Å². The number of rotatable bonds is 3. The minimum absolute atomic E-state index is 0.172. The highest BCUT2D eigenvalue weighted by Crippen LogP contribution is 2.37. The van der Waals surface area contributed by atoms with Gasteiger partial charge in [0.2, 0.25) is 0 Å². The van der Waals surface area contributed by atoms with Gasteiger partial charge in [-0.3, -0.25) is 15.1 Å². The van der Waals surface area contributed by atoms with Gasteiger partial charge in [-0.25, -0.2) is 4.98 Å². The number of hydrogen-bond donors (Lipinski definition) is 0. The maximum absolute atomic E-state index is 11.7. The van der Waals surface area contributed by atoms with Crippen LogP contribution in [0.1, 0.15) is 0 Å². The third-order valence-corrected chi connectivity index (χ3v) is 4.87. The van der Waals surface area contributed by atoms with E-state index in [2.05, 4.69) is 15.2 Å². The standard InChI is InChI=1S/C20H10ClN5O3/c21-14-5-2-1-4-11(14)19-12-8-16(26(27)28)20-13(9-23-25-20)18(12)22-10-15(24-19)17-6-3-7-29-17/h1-10H. The second-order valence-electron chi connectivity index (χ2n) is 6.22. The molecular formula is C20H10ClN5O3. The molecule has 0 saturated carbocycles. The Balaban J connectivity index is 1.99. The van der Waals surface area contributed by atoms with Crippen LogP contribution in [0.4, 0.5) is 5.69 Å². The summed E-state index contributed by atoms with van der Waals surface area (Å²) < 4.78 is 5.47. The molecule has 0 saturated heterocycles. The van der Waals surface area contributed by atoms with Crippen LogP contribution in [0.2, 0.25) is 5.02 Å². The maximum atomic E-state index is 11.7. The summed E-state index contributed by atoms with van der Waals surface area (Å²) >= 11 is 6.44. The lowest BCUT2D eigenvalue weighted by Gasteiger charge is -2.05. The van der Waals surface area contributed by atoms with Gasteiger partial charge < -0.3 is 4.42 Å². The minimum atomic E-state index is -0.493. The van der Waals surface area contributed by atoms with Crippen molar-refractivity contribution in [2.75, 3.05) is 0 Å². The van der Waals surface area contributed by atoms with Crippen molar-refractivity contribution in [3.05, 3.63) is 76.3 Å². The molecular weight excluding hydrogens is 394 g/mol. The average Bonchev–Trinajstić information content (AvgIpc) is 3.38. The molecule has 0 aliphatic heterocycles. The van der Waals surface area contributed by atoms with Gasteiger partial charge in [-0.1, -0.05) is 29.8 Å². The van der Waals surface area contributed by atoms with E-state index in [1.165, 1.54) is 18.5 Å². The smallest absolute Gasteiger partial charge is 0.298 e. The van der Waals surface area contributed by atoms with Crippen molar-refractivity contribution in [2.45, 2.75) is 0 Å². The van der Waals surface area contributed by atoms with Gasteiger partial charge >= 0.3 is 0 Å². The summed E-state index contributed by atoms with van der Waals surface area (Å²) in [4.78, 5) is 20.4. The Morgan fingerprint density at radius 2 is 1.90 bits per heavy atom. The Labute approximate surface area is 168 Å². The van der Waals surface area contributed by atoms with Crippen molar-refractivity contribution in [1.29, 1.82) is 0 Å². The zero-order valence-electron chi connectivity index (χ0n) is 14.6. The van der Waals surface area contributed by atoms with Crippen molar-refractivity contribution in [1.82, 2.24) is 20.2 Å². The van der Waals surface area contributed by atoms with Gasteiger partial charge in [-0.15, -0.1) is 5.10 Å². The van der Waals surface area contributed by atoms with Gasteiger partial charge in [-0.2, -0.15) is 5.10 Å². The first-order valence-corrected chi connectivity index (χ1v) is 8.89. The fourth-order valence-corrected chi connectivity index (χ4v) is 3.46. The predicted molar refractivity (Wildman–Crippen MR) is 107 cm³/mol. The highest BCUT2D eigenvalue weighted by molar-refractivity contribution is 6.33.